The van der Waals surface area contributed by atoms with Crippen LogP contribution in [0.15, 0.2) is 17.2 Å². The van der Waals surface area contributed by atoms with Crippen molar-refractivity contribution in [3.05, 3.63) is 22.9 Å². The molecule has 0 saturated carbocycles. The first kappa shape index (κ1) is 9.35. The molecule has 0 radical (unpaired) electrons. The summed E-state index contributed by atoms with van der Waals surface area (Å²) < 4.78 is 2.87. The van der Waals surface area contributed by atoms with Crippen molar-refractivity contribution in [2.45, 2.75) is 12.6 Å². The van der Waals surface area contributed by atoms with E-state index in [1.165, 1.54) is 9.13 Å². The molecule has 0 aliphatic carbocycles. The molecule has 0 aliphatic rings. The molecule has 0 aromatic carbocycles. The van der Waals surface area contributed by atoms with Gasteiger partial charge in [0, 0.05) is 19.4 Å². The van der Waals surface area contributed by atoms with Gasteiger partial charge in [-0.1, -0.05) is 0 Å². The van der Waals surface area contributed by atoms with Gasteiger partial charge in [0.15, 0.2) is 0 Å². The molecule has 0 spiro atoms. The normalized spacial score (nSPS) is 13.2. The zero-order chi connectivity index (χ0) is 9.14. The predicted molar refractivity (Wildman–Crippen MR) is 46.4 cm³/mol. The van der Waals surface area contributed by atoms with E-state index in [-0.39, 0.29) is 18.1 Å². The topological polar surface area (TPSA) is 47.2 Å². The summed E-state index contributed by atoms with van der Waals surface area (Å²) in [5, 5.41) is 9.14. The number of nitrogens with zero attached hydrogens (tertiary/aromatic N) is 2. The maximum absolute atomic E-state index is 11.2. The summed E-state index contributed by atoms with van der Waals surface area (Å²) in [6.07, 6.45) is 2.60. The summed E-state index contributed by atoms with van der Waals surface area (Å²) >= 11 is 5.39. The summed E-state index contributed by atoms with van der Waals surface area (Å²) in [6.45, 7) is 0.253. The molecule has 0 bridgehead atoms. The summed E-state index contributed by atoms with van der Waals surface area (Å²) in [6, 6.07) is 0. The van der Waals surface area contributed by atoms with Gasteiger partial charge >= 0.3 is 5.69 Å². The van der Waals surface area contributed by atoms with E-state index in [1.807, 2.05) is 0 Å². The van der Waals surface area contributed by atoms with Crippen molar-refractivity contribution < 1.29 is 5.11 Å². The van der Waals surface area contributed by atoms with Crippen LogP contribution in [0.4, 0.5) is 0 Å². The van der Waals surface area contributed by atoms with Crippen LogP contribution in [0, 0.1) is 0 Å². The van der Waals surface area contributed by atoms with Gasteiger partial charge in [-0.3, -0.25) is 4.57 Å². The lowest BCUT2D eigenvalue weighted by Crippen LogP contribution is -2.27. The maximum Gasteiger partial charge on any atom is 0.327 e. The molecule has 1 atom stereocenters. The first-order chi connectivity index (χ1) is 5.65. The lowest BCUT2D eigenvalue weighted by Gasteiger charge is -2.05. The molecule has 1 aromatic heterocycles. The third-order valence-corrected chi connectivity index (χ3v) is 1.96. The number of aliphatic hydroxyl groups is 1. The minimum absolute atomic E-state index is 0.140. The van der Waals surface area contributed by atoms with Crippen molar-refractivity contribution in [3.8, 4) is 0 Å². The zero-order valence-corrected chi connectivity index (χ0v) is 7.53. The molecule has 1 N–H and O–H groups in total. The van der Waals surface area contributed by atoms with E-state index in [4.69, 9.17) is 16.7 Å². The van der Waals surface area contributed by atoms with Gasteiger partial charge < -0.3 is 9.67 Å². The standard InChI is InChI=1S/C7H11ClN2O2/c1-9-2-3-10(7(9)12)5-6(11)4-8/h2-3,6,11H,4-5H2,1H3. The Labute approximate surface area is 75.0 Å². The van der Waals surface area contributed by atoms with Crippen molar-refractivity contribution in [2.24, 2.45) is 7.05 Å². The molecule has 12 heavy (non-hydrogen) atoms. The average Bonchev–Trinajstić information content (AvgIpc) is 2.36. The van der Waals surface area contributed by atoms with Crippen molar-refractivity contribution in [1.29, 1.82) is 0 Å². The Morgan fingerprint density at radius 2 is 2.33 bits per heavy atom. The van der Waals surface area contributed by atoms with Crippen molar-refractivity contribution in [1.82, 2.24) is 9.13 Å². The van der Waals surface area contributed by atoms with E-state index < -0.39 is 6.10 Å². The molecule has 0 saturated heterocycles. The van der Waals surface area contributed by atoms with Gasteiger partial charge in [0.25, 0.3) is 0 Å². The predicted octanol–water partition coefficient (Wildman–Crippen LogP) is -0.214. The number of rotatable bonds is 3. The van der Waals surface area contributed by atoms with Gasteiger partial charge in [-0.2, -0.15) is 0 Å². The molecule has 0 amide bonds. The highest BCUT2D eigenvalue weighted by Gasteiger charge is 2.05. The van der Waals surface area contributed by atoms with Gasteiger partial charge in [-0.05, 0) is 0 Å². The number of halogens is 1. The van der Waals surface area contributed by atoms with Crippen molar-refractivity contribution in [2.75, 3.05) is 5.88 Å². The number of alkyl halides is 1. The molecule has 0 aliphatic heterocycles. The Morgan fingerprint density at radius 3 is 2.75 bits per heavy atom. The number of hydrogen-bond acceptors (Lipinski definition) is 2. The van der Waals surface area contributed by atoms with E-state index in [2.05, 4.69) is 0 Å². The lowest BCUT2D eigenvalue weighted by molar-refractivity contribution is 0.175. The quantitative estimate of drug-likeness (QED) is 0.671. The smallest absolute Gasteiger partial charge is 0.327 e. The number of hydrogen-bond donors (Lipinski definition) is 1. The third-order valence-electron chi connectivity index (χ3n) is 1.60. The molecule has 1 aromatic rings. The Hall–Kier alpha value is -0.740. The van der Waals surface area contributed by atoms with Crippen LogP contribution in [0.5, 0.6) is 0 Å². The zero-order valence-electron chi connectivity index (χ0n) is 6.77. The fourth-order valence-corrected chi connectivity index (χ4v) is 1.02. The summed E-state index contributed by atoms with van der Waals surface area (Å²) in [5.74, 6) is 0.140. The first-order valence-corrected chi connectivity index (χ1v) is 4.14. The second-order valence-corrected chi connectivity index (χ2v) is 2.96. The number of aliphatic hydroxyl groups excluding tert-OH is 1. The SMILES string of the molecule is Cn1ccn(CC(O)CCl)c1=O. The highest BCUT2D eigenvalue weighted by molar-refractivity contribution is 6.18. The Balaban J connectivity index is 2.76. The Morgan fingerprint density at radius 1 is 1.67 bits per heavy atom. The summed E-state index contributed by atoms with van der Waals surface area (Å²) in [4.78, 5) is 11.2. The molecule has 68 valence electrons. The van der Waals surface area contributed by atoms with E-state index in [9.17, 15) is 4.79 Å². The lowest BCUT2D eigenvalue weighted by atomic mass is 10.4. The second-order valence-electron chi connectivity index (χ2n) is 2.65. The van der Waals surface area contributed by atoms with Crippen LogP contribution in [0.3, 0.4) is 0 Å². The number of aromatic nitrogens is 2. The summed E-state index contributed by atoms with van der Waals surface area (Å²) in [5.41, 5.74) is -0.140. The molecule has 1 heterocycles. The van der Waals surface area contributed by atoms with Crippen LogP contribution in [-0.4, -0.2) is 26.2 Å². The highest BCUT2D eigenvalue weighted by Crippen LogP contribution is 1.91. The van der Waals surface area contributed by atoms with E-state index in [0.717, 1.165) is 0 Å². The fraction of sp³-hybridized carbons (Fsp3) is 0.571. The maximum atomic E-state index is 11.2. The van der Waals surface area contributed by atoms with Crippen molar-refractivity contribution in [3.63, 3.8) is 0 Å². The minimum Gasteiger partial charge on any atom is -0.390 e. The molecule has 4 nitrogen and oxygen atoms in total. The minimum atomic E-state index is -0.660. The number of imidazole rings is 1. The third kappa shape index (κ3) is 1.89. The van der Waals surface area contributed by atoms with Crippen LogP contribution < -0.4 is 5.69 Å². The van der Waals surface area contributed by atoms with Crippen LogP contribution in [0.25, 0.3) is 0 Å². The monoisotopic (exact) mass is 190 g/mol. The Bertz CT molecular complexity index is 305. The van der Waals surface area contributed by atoms with E-state index in [1.54, 1.807) is 19.4 Å². The van der Waals surface area contributed by atoms with Gasteiger partial charge in [-0.15, -0.1) is 11.6 Å². The number of aryl methyl sites for hydroxylation is 1. The van der Waals surface area contributed by atoms with Crippen LogP contribution >= 0.6 is 11.6 Å². The highest BCUT2D eigenvalue weighted by atomic mass is 35.5. The Kier molecular flexibility index (Phi) is 2.94. The van der Waals surface area contributed by atoms with E-state index in [0.29, 0.717) is 0 Å². The average molecular weight is 191 g/mol. The second kappa shape index (κ2) is 3.78. The first-order valence-electron chi connectivity index (χ1n) is 3.61. The molecular weight excluding hydrogens is 180 g/mol. The van der Waals surface area contributed by atoms with Gasteiger partial charge in [0.1, 0.15) is 0 Å². The summed E-state index contributed by atoms with van der Waals surface area (Å²) in [7, 11) is 1.66. The van der Waals surface area contributed by atoms with Crippen molar-refractivity contribution >= 4 is 11.6 Å². The molecule has 0 fully saturated rings. The molecular formula is C7H11ClN2O2. The van der Waals surface area contributed by atoms with Gasteiger partial charge in [-0.25, -0.2) is 4.79 Å². The van der Waals surface area contributed by atoms with Crippen LogP contribution in [0.1, 0.15) is 0 Å². The molecule has 1 rings (SSSR count). The van der Waals surface area contributed by atoms with Gasteiger partial charge in [0.05, 0.1) is 18.5 Å². The van der Waals surface area contributed by atoms with E-state index >= 15 is 0 Å². The fourth-order valence-electron chi connectivity index (χ4n) is 0.925. The molecule has 1 unspecified atom stereocenters. The molecule has 5 heteroatoms. The van der Waals surface area contributed by atoms with Crippen LogP contribution in [0.2, 0.25) is 0 Å². The largest absolute Gasteiger partial charge is 0.390 e. The van der Waals surface area contributed by atoms with Crippen LogP contribution in [-0.2, 0) is 13.6 Å². The van der Waals surface area contributed by atoms with Gasteiger partial charge in [0.2, 0.25) is 0 Å².